The number of hydrogen-bond acceptors (Lipinski definition) is 3. The molecule has 1 aromatic rings. The Labute approximate surface area is 112 Å². The number of ether oxygens (including phenoxy) is 1. The third kappa shape index (κ3) is 3.04. The molecule has 1 heterocycles. The number of carbonyl (C=O) groups is 1. The maximum absolute atomic E-state index is 13.8. The first-order valence-electron chi connectivity index (χ1n) is 6.47. The van der Waals surface area contributed by atoms with Gasteiger partial charge in [0, 0.05) is 6.04 Å². The lowest BCUT2D eigenvalue weighted by atomic mass is 9.95. The topological polar surface area (TPSA) is 50.4 Å². The Balaban J connectivity index is 2.15. The number of methoxy groups -OCH3 is 1. The van der Waals surface area contributed by atoms with Crippen LogP contribution in [0.4, 0.5) is 4.39 Å². The molecule has 1 amide bonds. The SMILES string of the molecule is COc1cccc(F)c1C(=O)NC1CCNCC1C. The van der Waals surface area contributed by atoms with Crippen molar-refractivity contribution < 1.29 is 13.9 Å². The van der Waals surface area contributed by atoms with Gasteiger partial charge >= 0.3 is 0 Å². The van der Waals surface area contributed by atoms with E-state index in [9.17, 15) is 9.18 Å². The van der Waals surface area contributed by atoms with Gasteiger partial charge in [0.2, 0.25) is 0 Å². The highest BCUT2D eigenvalue weighted by Crippen LogP contribution is 2.22. The molecule has 1 aromatic carbocycles. The van der Waals surface area contributed by atoms with Crippen LogP contribution in [0.15, 0.2) is 18.2 Å². The van der Waals surface area contributed by atoms with Crippen LogP contribution < -0.4 is 15.4 Å². The summed E-state index contributed by atoms with van der Waals surface area (Å²) < 4.78 is 18.8. The van der Waals surface area contributed by atoms with Crippen molar-refractivity contribution in [2.75, 3.05) is 20.2 Å². The molecule has 1 fully saturated rings. The maximum atomic E-state index is 13.8. The van der Waals surface area contributed by atoms with Gasteiger partial charge in [-0.25, -0.2) is 4.39 Å². The first kappa shape index (κ1) is 13.8. The number of carbonyl (C=O) groups excluding carboxylic acids is 1. The molecule has 104 valence electrons. The fourth-order valence-corrected chi connectivity index (χ4v) is 2.36. The molecule has 1 aliphatic rings. The van der Waals surface area contributed by atoms with Crippen LogP contribution in [0.25, 0.3) is 0 Å². The molecule has 0 aromatic heterocycles. The molecule has 1 aliphatic heterocycles. The van der Waals surface area contributed by atoms with Crippen molar-refractivity contribution in [3.05, 3.63) is 29.6 Å². The lowest BCUT2D eigenvalue weighted by Crippen LogP contribution is -2.48. The second kappa shape index (κ2) is 6.02. The molecule has 2 rings (SSSR count). The molecular formula is C14H19FN2O2. The minimum absolute atomic E-state index is 0.0178. The van der Waals surface area contributed by atoms with Gasteiger partial charge in [0.25, 0.3) is 5.91 Å². The molecule has 5 heteroatoms. The summed E-state index contributed by atoms with van der Waals surface area (Å²) in [5, 5.41) is 6.16. The van der Waals surface area contributed by atoms with Crippen molar-refractivity contribution in [1.82, 2.24) is 10.6 Å². The van der Waals surface area contributed by atoms with Crippen LogP contribution in [-0.2, 0) is 0 Å². The Morgan fingerprint density at radius 3 is 3.00 bits per heavy atom. The number of amides is 1. The lowest BCUT2D eigenvalue weighted by molar-refractivity contribution is 0.0907. The Kier molecular flexibility index (Phi) is 4.37. The number of piperidine rings is 1. The summed E-state index contributed by atoms with van der Waals surface area (Å²) in [6.45, 7) is 3.79. The molecule has 1 saturated heterocycles. The molecule has 0 aliphatic carbocycles. The molecule has 0 bridgehead atoms. The summed E-state index contributed by atoms with van der Waals surface area (Å²) >= 11 is 0. The zero-order chi connectivity index (χ0) is 13.8. The van der Waals surface area contributed by atoms with Gasteiger partial charge in [-0.05, 0) is 37.6 Å². The summed E-state index contributed by atoms with van der Waals surface area (Å²) in [5.41, 5.74) is -0.0178. The van der Waals surface area contributed by atoms with Crippen molar-refractivity contribution in [3.63, 3.8) is 0 Å². The van der Waals surface area contributed by atoms with E-state index in [4.69, 9.17) is 4.74 Å². The van der Waals surface area contributed by atoms with Crippen molar-refractivity contribution in [2.24, 2.45) is 5.92 Å². The van der Waals surface area contributed by atoms with Crippen LogP contribution in [0.1, 0.15) is 23.7 Å². The molecule has 19 heavy (non-hydrogen) atoms. The summed E-state index contributed by atoms with van der Waals surface area (Å²) in [4.78, 5) is 12.2. The second-order valence-corrected chi connectivity index (χ2v) is 4.87. The Bertz CT molecular complexity index is 465. The Morgan fingerprint density at radius 1 is 1.53 bits per heavy atom. The van der Waals surface area contributed by atoms with Gasteiger partial charge in [-0.2, -0.15) is 0 Å². The van der Waals surface area contributed by atoms with Crippen LogP contribution in [-0.4, -0.2) is 32.1 Å². The van der Waals surface area contributed by atoms with Crippen molar-refractivity contribution in [1.29, 1.82) is 0 Å². The van der Waals surface area contributed by atoms with E-state index in [0.29, 0.717) is 5.92 Å². The summed E-state index contributed by atoms with van der Waals surface area (Å²) in [7, 11) is 1.43. The first-order valence-corrected chi connectivity index (χ1v) is 6.47. The van der Waals surface area contributed by atoms with Gasteiger partial charge < -0.3 is 15.4 Å². The van der Waals surface area contributed by atoms with E-state index in [1.807, 2.05) is 0 Å². The average molecular weight is 266 g/mol. The molecule has 0 radical (unpaired) electrons. The quantitative estimate of drug-likeness (QED) is 0.873. The largest absolute Gasteiger partial charge is 0.496 e. The van der Waals surface area contributed by atoms with E-state index in [-0.39, 0.29) is 17.4 Å². The van der Waals surface area contributed by atoms with Gasteiger partial charge in [0.15, 0.2) is 0 Å². The fourth-order valence-electron chi connectivity index (χ4n) is 2.36. The highest BCUT2D eigenvalue weighted by atomic mass is 19.1. The van der Waals surface area contributed by atoms with Crippen LogP contribution in [0.5, 0.6) is 5.75 Å². The fraction of sp³-hybridized carbons (Fsp3) is 0.500. The lowest BCUT2D eigenvalue weighted by Gasteiger charge is -2.30. The van der Waals surface area contributed by atoms with E-state index < -0.39 is 11.7 Å². The molecule has 2 atom stereocenters. The molecule has 2 unspecified atom stereocenters. The molecular weight excluding hydrogens is 247 g/mol. The number of benzene rings is 1. The van der Waals surface area contributed by atoms with Gasteiger partial charge in [-0.1, -0.05) is 13.0 Å². The average Bonchev–Trinajstić information content (AvgIpc) is 2.40. The van der Waals surface area contributed by atoms with E-state index >= 15 is 0 Å². The van der Waals surface area contributed by atoms with Crippen LogP contribution >= 0.6 is 0 Å². The molecule has 0 saturated carbocycles. The zero-order valence-corrected chi connectivity index (χ0v) is 11.2. The minimum atomic E-state index is -0.557. The van der Waals surface area contributed by atoms with Gasteiger partial charge in [0.1, 0.15) is 17.1 Å². The predicted molar refractivity (Wildman–Crippen MR) is 70.9 cm³/mol. The number of halogens is 1. The highest BCUT2D eigenvalue weighted by Gasteiger charge is 2.25. The Morgan fingerprint density at radius 2 is 2.32 bits per heavy atom. The van der Waals surface area contributed by atoms with E-state index in [1.54, 1.807) is 6.07 Å². The van der Waals surface area contributed by atoms with E-state index in [1.165, 1.54) is 19.2 Å². The van der Waals surface area contributed by atoms with Crippen molar-refractivity contribution in [3.8, 4) is 5.75 Å². The van der Waals surface area contributed by atoms with Gasteiger partial charge in [-0.15, -0.1) is 0 Å². The molecule has 0 spiro atoms. The highest BCUT2D eigenvalue weighted by molar-refractivity contribution is 5.97. The normalized spacial score (nSPS) is 22.9. The Hall–Kier alpha value is -1.62. The van der Waals surface area contributed by atoms with E-state index in [2.05, 4.69) is 17.6 Å². The molecule has 4 nitrogen and oxygen atoms in total. The summed E-state index contributed by atoms with van der Waals surface area (Å²) in [5.74, 6) is -0.373. The van der Waals surface area contributed by atoms with Crippen LogP contribution in [0.3, 0.4) is 0 Å². The maximum Gasteiger partial charge on any atom is 0.258 e. The van der Waals surface area contributed by atoms with E-state index in [0.717, 1.165) is 19.5 Å². The predicted octanol–water partition coefficient (Wildman–Crippen LogP) is 1.56. The van der Waals surface area contributed by atoms with Crippen molar-refractivity contribution in [2.45, 2.75) is 19.4 Å². The number of nitrogens with one attached hydrogen (secondary N) is 2. The summed E-state index contributed by atoms with van der Waals surface area (Å²) in [6, 6.07) is 4.45. The smallest absolute Gasteiger partial charge is 0.258 e. The summed E-state index contributed by atoms with van der Waals surface area (Å²) in [6.07, 6.45) is 0.851. The monoisotopic (exact) mass is 266 g/mol. The molecule has 2 N–H and O–H groups in total. The third-order valence-electron chi connectivity index (χ3n) is 3.52. The van der Waals surface area contributed by atoms with Crippen molar-refractivity contribution >= 4 is 5.91 Å². The standard InChI is InChI=1S/C14H19FN2O2/c1-9-8-16-7-6-11(9)17-14(18)13-10(15)4-3-5-12(13)19-2/h3-5,9,11,16H,6-8H2,1-2H3,(H,17,18). The third-order valence-corrected chi connectivity index (χ3v) is 3.52. The van der Waals surface area contributed by atoms with Gasteiger partial charge in [0.05, 0.1) is 7.11 Å². The van der Waals surface area contributed by atoms with Crippen LogP contribution in [0.2, 0.25) is 0 Å². The number of hydrogen-bond donors (Lipinski definition) is 2. The van der Waals surface area contributed by atoms with Gasteiger partial charge in [-0.3, -0.25) is 4.79 Å². The number of rotatable bonds is 3. The minimum Gasteiger partial charge on any atom is -0.496 e. The first-order chi connectivity index (χ1) is 9.13. The second-order valence-electron chi connectivity index (χ2n) is 4.87. The zero-order valence-electron chi connectivity index (χ0n) is 11.2. The van der Waals surface area contributed by atoms with Crippen LogP contribution in [0, 0.1) is 11.7 Å².